The quantitative estimate of drug-likeness (QED) is 0.847. The van der Waals surface area contributed by atoms with Crippen LogP contribution < -0.4 is 10.1 Å². The summed E-state index contributed by atoms with van der Waals surface area (Å²) in [6, 6.07) is 7.56. The number of nitrogens with one attached hydrogen (secondary N) is 1. The van der Waals surface area contributed by atoms with Gasteiger partial charge in [-0.2, -0.15) is 0 Å². The van der Waals surface area contributed by atoms with Crippen LogP contribution in [0, 0.1) is 0 Å². The molecule has 1 N–H and O–H groups in total. The van der Waals surface area contributed by atoms with E-state index in [9.17, 15) is 4.79 Å². The molecule has 1 aromatic carbocycles. The van der Waals surface area contributed by atoms with Gasteiger partial charge in [0.05, 0.1) is 0 Å². The fourth-order valence-electron chi connectivity index (χ4n) is 1.31. The lowest BCUT2D eigenvalue weighted by atomic mass is 9.87. The Hall–Kier alpha value is -1.77. The molecular formula is C14H19NO2. The Kier molecular flexibility index (Phi) is 4.32. The number of benzene rings is 1. The lowest BCUT2D eigenvalue weighted by Crippen LogP contribution is -2.21. The van der Waals surface area contributed by atoms with Crippen LogP contribution in [0.1, 0.15) is 33.3 Å². The summed E-state index contributed by atoms with van der Waals surface area (Å²) < 4.78 is 5.15. The van der Waals surface area contributed by atoms with E-state index in [0.717, 1.165) is 5.56 Å². The summed E-state index contributed by atoms with van der Waals surface area (Å²) in [6.07, 6.45) is 2.79. The fraction of sp³-hybridized carbons (Fsp3) is 0.357. The molecule has 0 spiro atoms. The maximum absolute atomic E-state index is 11.3. The number of carbonyl (C=O) groups excluding carboxylic acids is 1. The third-order valence-corrected chi connectivity index (χ3v) is 2.28. The van der Waals surface area contributed by atoms with E-state index in [-0.39, 0.29) is 5.41 Å². The van der Waals surface area contributed by atoms with Crippen molar-refractivity contribution < 1.29 is 9.53 Å². The van der Waals surface area contributed by atoms with Crippen LogP contribution in [-0.2, 0) is 5.41 Å². The molecule has 0 aromatic heterocycles. The van der Waals surface area contributed by atoms with Gasteiger partial charge in [-0.15, -0.1) is 0 Å². The number of ether oxygens (including phenoxy) is 1. The molecule has 0 atom stereocenters. The van der Waals surface area contributed by atoms with Crippen molar-refractivity contribution >= 4 is 6.09 Å². The van der Waals surface area contributed by atoms with Crippen molar-refractivity contribution in [3.63, 3.8) is 0 Å². The molecule has 0 aliphatic heterocycles. The minimum atomic E-state index is -0.478. The standard InChI is InChI=1S/C14H19NO2/c1-5-9-15-13(16)17-12-8-6-7-11(10-12)14(2,3)4/h5-10H,1-4H3,(H,15,16). The second-order valence-electron chi connectivity index (χ2n) is 4.81. The van der Waals surface area contributed by atoms with Crippen molar-refractivity contribution in [1.29, 1.82) is 0 Å². The molecule has 0 bridgehead atoms. The predicted molar refractivity (Wildman–Crippen MR) is 69.1 cm³/mol. The van der Waals surface area contributed by atoms with E-state index in [4.69, 9.17) is 4.74 Å². The zero-order valence-corrected chi connectivity index (χ0v) is 10.8. The number of allylic oxidation sites excluding steroid dienone is 1. The van der Waals surface area contributed by atoms with Gasteiger partial charge in [0.25, 0.3) is 0 Å². The van der Waals surface area contributed by atoms with Gasteiger partial charge in [0.15, 0.2) is 0 Å². The normalized spacial score (nSPS) is 11.5. The van der Waals surface area contributed by atoms with Gasteiger partial charge < -0.3 is 4.74 Å². The van der Waals surface area contributed by atoms with E-state index >= 15 is 0 Å². The summed E-state index contributed by atoms with van der Waals surface area (Å²) >= 11 is 0. The highest BCUT2D eigenvalue weighted by atomic mass is 16.5. The van der Waals surface area contributed by atoms with E-state index in [2.05, 4.69) is 26.1 Å². The van der Waals surface area contributed by atoms with Crippen LogP contribution in [0.25, 0.3) is 0 Å². The maximum Gasteiger partial charge on any atom is 0.416 e. The zero-order valence-electron chi connectivity index (χ0n) is 10.8. The highest BCUT2D eigenvalue weighted by molar-refractivity contribution is 5.71. The van der Waals surface area contributed by atoms with Crippen LogP contribution in [0.2, 0.25) is 0 Å². The van der Waals surface area contributed by atoms with Crippen LogP contribution in [-0.4, -0.2) is 6.09 Å². The summed E-state index contributed by atoms with van der Waals surface area (Å²) in [6.45, 7) is 8.17. The first-order valence-corrected chi connectivity index (χ1v) is 5.63. The summed E-state index contributed by atoms with van der Waals surface area (Å²) in [4.78, 5) is 11.3. The van der Waals surface area contributed by atoms with Crippen LogP contribution in [0.15, 0.2) is 36.5 Å². The van der Waals surface area contributed by atoms with Crippen molar-refractivity contribution in [3.8, 4) is 5.75 Å². The summed E-state index contributed by atoms with van der Waals surface area (Å²) in [5.41, 5.74) is 1.17. The maximum atomic E-state index is 11.3. The van der Waals surface area contributed by atoms with Crippen molar-refractivity contribution in [2.45, 2.75) is 33.1 Å². The van der Waals surface area contributed by atoms with Gasteiger partial charge in [-0.1, -0.05) is 39.0 Å². The molecule has 1 rings (SSSR count). The Morgan fingerprint density at radius 3 is 2.65 bits per heavy atom. The number of carbonyl (C=O) groups is 1. The zero-order chi connectivity index (χ0) is 12.9. The Balaban J connectivity index is 2.76. The van der Waals surface area contributed by atoms with Crippen molar-refractivity contribution in [1.82, 2.24) is 5.32 Å². The highest BCUT2D eigenvalue weighted by Gasteiger charge is 2.14. The van der Waals surface area contributed by atoms with Gasteiger partial charge in [0, 0.05) is 6.20 Å². The molecule has 1 amide bonds. The lowest BCUT2D eigenvalue weighted by Gasteiger charge is -2.19. The highest BCUT2D eigenvalue weighted by Crippen LogP contribution is 2.25. The van der Waals surface area contributed by atoms with Gasteiger partial charge in [-0.05, 0) is 30.0 Å². The molecule has 0 aliphatic carbocycles. The predicted octanol–water partition coefficient (Wildman–Crippen LogP) is 3.61. The third kappa shape index (κ3) is 4.31. The monoisotopic (exact) mass is 233 g/mol. The Labute approximate surface area is 102 Å². The number of rotatable bonds is 2. The lowest BCUT2D eigenvalue weighted by molar-refractivity contribution is 0.204. The van der Waals surface area contributed by atoms with Gasteiger partial charge in [-0.3, -0.25) is 5.32 Å². The SMILES string of the molecule is CC=CNC(=O)Oc1cccc(C(C)(C)C)c1. The molecule has 0 heterocycles. The second-order valence-corrected chi connectivity index (χ2v) is 4.81. The van der Waals surface area contributed by atoms with Gasteiger partial charge in [0.1, 0.15) is 5.75 Å². The van der Waals surface area contributed by atoms with Crippen LogP contribution >= 0.6 is 0 Å². The van der Waals surface area contributed by atoms with E-state index in [1.807, 2.05) is 25.1 Å². The van der Waals surface area contributed by atoms with E-state index in [1.54, 1.807) is 12.1 Å². The second kappa shape index (κ2) is 5.53. The number of hydrogen-bond donors (Lipinski definition) is 1. The number of hydrogen-bond acceptors (Lipinski definition) is 2. The molecular weight excluding hydrogens is 214 g/mol. The van der Waals surface area contributed by atoms with E-state index in [0.29, 0.717) is 5.75 Å². The van der Waals surface area contributed by atoms with Crippen molar-refractivity contribution in [2.75, 3.05) is 0 Å². The molecule has 3 heteroatoms. The first kappa shape index (κ1) is 13.3. The molecule has 0 saturated heterocycles. The molecule has 3 nitrogen and oxygen atoms in total. The molecule has 1 aromatic rings. The first-order valence-electron chi connectivity index (χ1n) is 5.63. The molecule has 17 heavy (non-hydrogen) atoms. The topological polar surface area (TPSA) is 38.3 Å². The number of amides is 1. The van der Waals surface area contributed by atoms with E-state index < -0.39 is 6.09 Å². The van der Waals surface area contributed by atoms with Crippen LogP contribution in [0.4, 0.5) is 4.79 Å². The van der Waals surface area contributed by atoms with Crippen molar-refractivity contribution in [2.24, 2.45) is 0 Å². The minimum absolute atomic E-state index is 0.0408. The molecule has 0 saturated carbocycles. The summed E-state index contributed by atoms with van der Waals surface area (Å²) in [5.74, 6) is 0.555. The van der Waals surface area contributed by atoms with Crippen molar-refractivity contribution in [3.05, 3.63) is 42.1 Å². The smallest absolute Gasteiger partial charge is 0.410 e. The molecule has 0 unspecified atom stereocenters. The van der Waals surface area contributed by atoms with Crippen LogP contribution in [0.5, 0.6) is 5.75 Å². The molecule has 0 radical (unpaired) electrons. The van der Waals surface area contributed by atoms with Crippen LogP contribution in [0.3, 0.4) is 0 Å². The van der Waals surface area contributed by atoms with E-state index in [1.165, 1.54) is 6.20 Å². The largest absolute Gasteiger partial charge is 0.416 e. The Bertz CT molecular complexity index is 416. The average Bonchev–Trinajstić information content (AvgIpc) is 2.25. The molecule has 92 valence electrons. The molecule has 0 fully saturated rings. The Morgan fingerprint density at radius 1 is 1.35 bits per heavy atom. The van der Waals surface area contributed by atoms with Gasteiger partial charge >= 0.3 is 6.09 Å². The fourth-order valence-corrected chi connectivity index (χ4v) is 1.31. The summed E-state index contributed by atoms with van der Waals surface area (Å²) in [5, 5.41) is 2.50. The minimum Gasteiger partial charge on any atom is -0.410 e. The Morgan fingerprint density at radius 2 is 2.06 bits per heavy atom. The van der Waals surface area contributed by atoms with Gasteiger partial charge in [0.2, 0.25) is 0 Å². The molecule has 0 aliphatic rings. The van der Waals surface area contributed by atoms with Gasteiger partial charge in [-0.25, -0.2) is 4.79 Å². The first-order chi connectivity index (χ1) is 7.93. The third-order valence-electron chi connectivity index (χ3n) is 2.28. The average molecular weight is 233 g/mol. The summed E-state index contributed by atoms with van der Waals surface area (Å²) in [7, 11) is 0.